The van der Waals surface area contributed by atoms with Crippen molar-refractivity contribution in [3.63, 3.8) is 0 Å². The van der Waals surface area contributed by atoms with E-state index in [0.29, 0.717) is 5.56 Å². The van der Waals surface area contributed by atoms with Gasteiger partial charge in [-0.3, -0.25) is 4.79 Å². The molecule has 0 spiro atoms. The van der Waals surface area contributed by atoms with E-state index in [0.717, 1.165) is 6.07 Å². The maximum absolute atomic E-state index is 11.9. The van der Waals surface area contributed by atoms with Gasteiger partial charge >= 0.3 is 5.97 Å². The van der Waals surface area contributed by atoms with Crippen molar-refractivity contribution in [1.29, 1.82) is 0 Å². The van der Waals surface area contributed by atoms with Crippen molar-refractivity contribution in [1.82, 2.24) is 0 Å². The van der Waals surface area contributed by atoms with E-state index in [-0.39, 0.29) is 28.4 Å². The first-order chi connectivity index (χ1) is 10.3. The van der Waals surface area contributed by atoms with Crippen LogP contribution < -0.4 is 0 Å². The van der Waals surface area contributed by atoms with Gasteiger partial charge in [0.1, 0.15) is 11.5 Å². The third-order valence-electron chi connectivity index (χ3n) is 2.63. The Bertz CT molecular complexity index is 677. The van der Waals surface area contributed by atoms with E-state index >= 15 is 0 Å². The molecular weight excluding hydrogens is 284 g/mol. The number of phenolic OH excluding ortho intramolecular Hbond substituents is 2. The number of carboxylic acid groups (broad SMARTS) is 1. The average molecular weight is 300 g/mol. The molecule has 3 N–H and O–H groups in total. The lowest BCUT2D eigenvalue weighted by molar-refractivity contribution is -0.132. The number of rotatable bonds is 3. The molecule has 0 atom stereocenters. The molecule has 0 fully saturated rings. The molecule has 0 bridgehead atoms. The van der Waals surface area contributed by atoms with Gasteiger partial charge in [0.25, 0.3) is 0 Å². The number of benzene rings is 2. The van der Waals surface area contributed by atoms with Crippen LogP contribution in [0.5, 0.6) is 11.5 Å². The van der Waals surface area contributed by atoms with E-state index < -0.39 is 5.97 Å². The summed E-state index contributed by atoms with van der Waals surface area (Å²) in [4.78, 5) is 21.5. The molecule has 2 aromatic carbocycles. The van der Waals surface area contributed by atoms with Crippen LogP contribution in [0.3, 0.4) is 0 Å². The van der Waals surface area contributed by atoms with Crippen LogP contribution in [-0.4, -0.2) is 27.1 Å². The Balaban J connectivity index is 0.000000346. The van der Waals surface area contributed by atoms with Gasteiger partial charge in [-0.25, -0.2) is 4.79 Å². The van der Waals surface area contributed by atoms with Crippen LogP contribution in [0, 0.1) is 0 Å². The molecule has 0 saturated carbocycles. The first-order valence-corrected chi connectivity index (χ1v) is 6.33. The van der Waals surface area contributed by atoms with E-state index in [4.69, 9.17) is 10.2 Å². The Hall–Kier alpha value is -3.08. The highest BCUT2D eigenvalue weighted by atomic mass is 16.4. The maximum Gasteiger partial charge on any atom is 0.330 e. The fourth-order valence-electron chi connectivity index (χ4n) is 1.46. The normalized spacial score (nSPS) is 9.32. The highest BCUT2D eigenvalue weighted by molar-refractivity contribution is 6.10. The zero-order valence-electron chi connectivity index (χ0n) is 12.0. The van der Waals surface area contributed by atoms with Gasteiger partial charge in [-0.2, -0.15) is 0 Å². The third-order valence-corrected chi connectivity index (χ3v) is 2.63. The first kappa shape index (κ1) is 17.0. The number of aliphatic carboxylic acids is 1. The fraction of sp³-hybridized carbons (Fsp3) is 0.0588. The zero-order valence-corrected chi connectivity index (χ0v) is 12.0. The molecule has 22 heavy (non-hydrogen) atoms. The average Bonchev–Trinajstić information content (AvgIpc) is 2.48. The second-order valence-electron chi connectivity index (χ2n) is 4.48. The van der Waals surface area contributed by atoms with Crippen LogP contribution >= 0.6 is 0 Å². The topological polar surface area (TPSA) is 94.8 Å². The second kappa shape index (κ2) is 7.64. The van der Waals surface area contributed by atoms with Crippen molar-refractivity contribution in [3.05, 3.63) is 71.8 Å². The minimum atomic E-state index is -0.935. The van der Waals surface area contributed by atoms with E-state index in [1.165, 1.54) is 19.1 Å². The summed E-state index contributed by atoms with van der Waals surface area (Å²) in [6.07, 6.45) is 0. The predicted molar refractivity (Wildman–Crippen MR) is 82.1 cm³/mol. The summed E-state index contributed by atoms with van der Waals surface area (Å²) in [5, 5.41) is 26.6. The summed E-state index contributed by atoms with van der Waals surface area (Å²) in [5.41, 5.74) is 0.863. The number of hydrogen-bond donors (Lipinski definition) is 3. The lowest BCUT2D eigenvalue weighted by atomic mass is 10.0. The van der Waals surface area contributed by atoms with Gasteiger partial charge in [0.2, 0.25) is 0 Å². The highest BCUT2D eigenvalue weighted by Gasteiger charge is 2.13. The predicted octanol–water partition coefficient (Wildman–Crippen LogP) is 2.98. The molecule has 5 heteroatoms. The molecule has 0 saturated heterocycles. The molecule has 0 radical (unpaired) electrons. The third kappa shape index (κ3) is 4.79. The number of hydrogen-bond acceptors (Lipinski definition) is 4. The van der Waals surface area contributed by atoms with Crippen molar-refractivity contribution in [2.45, 2.75) is 6.92 Å². The van der Waals surface area contributed by atoms with Crippen LogP contribution in [0.15, 0.2) is 60.7 Å². The Labute approximate surface area is 127 Å². The first-order valence-electron chi connectivity index (χ1n) is 6.33. The number of carbonyl (C=O) groups is 2. The minimum absolute atomic E-state index is 0.0675. The summed E-state index contributed by atoms with van der Waals surface area (Å²) in [5.74, 6) is -1.48. The lowest BCUT2D eigenvalue weighted by Crippen LogP contribution is -2.00. The summed E-state index contributed by atoms with van der Waals surface area (Å²) in [6.45, 7) is 4.60. The van der Waals surface area contributed by atoms with Gasteiger partial charge in [0.15, 0.2) is 5.78 Å². The van der Waals surface area contributed by atoms with E-state index in [9.17, 15) is 14.7 Å². The zero-order chi connectivity index (χ0) is 16.7. The second-order valence-corrected chi connectivity index (χ2v) is 4.48. The van der Waals surface area contributed by atoms with Crippen molar-refractivity contribution in [3.8, 4) is 11.5 Å². The molecule has 0 aromatic heterocycles. The molecule has 0 aliphatic carbocycles. The van der Waals surface area contributed by atoms with E-state index in [1.54, 1.807) is 24.3 Å². The van der Waals surface area contributed by atoms with Crippen LogP contribution in [0.25, 0.3) is 0 Å². The Morgan fingerprint density at radius 1 is 1.00 bits per heavy atom. The van der Waals surface area contributed by atoms with Crippen LogP contribution in [0.2, 0.25) is 0 Å². The molecule has 114 valence electrons. The lowest BCUT2D eigenvalue weighted by Gasteiger charge is -2.04. The standard InChI is InChI=1S/C13H10O3.C4H6O2/c14-10-6-7-11(12(15)8-10)13(16)9-4-2-1-3-5-9;1-3(2)4(5)6/h1-8,14-15H;1H2,2H3,(H,5,6). The molecule has 2 aromatic rings. The Morgan fingerprint density at radius 3 is 2.00 bits per heavy atom. The highest BCUT2D eigenvalue weighted by Crippen LogP contribution is 2.24. The van der Waals surface area contributed by atoms with Crippen molar-refractivity contribution < 1.29 is 24.9 Å². The molecular formula is C17H16O5. The molecule has 0 heterocycles. The Kier molecular flexibility index (Phi) is 5.89. The monoisotopic (exact) mass is 300 g/mol. The summed E-state index contributed by atoms with van der Waals surface area (Å²) in [6, 6.07) is 12.6. The minimum Gasteiger partial charge on any atom is -0.508 e. The van der Waals surface area contributed by atoms with Gasteiger partial charge in [-0.05, 0) is 19.1 Å². The van der Waals surface area contributed by atoms with Gasteiger partial charge < -0.3 is 15.3 Å². The van der Waals surface area contributed by atoms with Gasteiger partial charge in [0, 0.05) is 17.2 Å². The molecule has 0 aliphatic heterocycles. The largest absolute Gasteiger partial charge is 0.508 e. The maximum atomic E-state index is 11.9. The van der Waals surface area contributed by atoms with Crippen molar-refractivity contribution >= 4 is 11.8 Å². The molecule has 2 rings (SSSR count). The molecule has 0 aliphatic rings. The Morgan fingerprint density at radius 2 is 1.55 bits per heavy atom. The summed E-state index contributed by atoms with van der Waals surface area (Å²) in [7, 11) is 0. The smallest absolute Gasteiger partial charge is 0.330 e. The molecule has 0 amide bonds. The SMILES string of the molecule is C=C(C)C(=O)O.O=C(c1ccccc1)c1ccc(O)cc1O. The van der Waals surface area contributed by atoms with Crippen LogP contribution in [0.1, 0.15) is 22.8 Å². The van der Waals surface area contributed by atoms with Gasteiger partial charge in [0.05, 0.1) is 5.56 Å². The van der Waals surface area contributed by atoms with Crippen molar-refractivity contribution in [2.75, 3.05) is 0 Å². The van der Waals surface area contributed by atoms with Gasteiger partial charge in [-0.1, -0.05) is 36.9 Å². The molecule has 5 nitrogen and oxygen atoms in total. The molecule has 0 unspecified atom stereocenters. The van der Waals surface area contributed by atoms with Crippen LogP contribution in [-0.2, 0) is 4.79 Å². The fourth-order valence-corrected chi connectivity index (χ4v) is 1.46. The van der Waals surface area contributed by atoms with Crippen molar-refractivity contribution in [2.24, 2.45) is 0 Å². The summed E-state index contributed by atoms with van der Waals surface area (Å²) < 4.78 is 0. The van der Waals surface area contributed by atoms with Crippen LogP contribution in [0.4, 0.5) is 0 Å². The number of carbonyl (C=O) groups excluding carboxylic acids is 1. The van der Waals surface area contributed by atoms with E-state index in [1.807, 2.05) is 6.07 Å². The quantitative estimate of drug-likeness (QED) is 0.598. The van der Waals surface area contributed by atoms with Gasteiger partial charge in [-0.15, -0.1) is 0 Å². The number of phenols is 2. The number of carboxylic acids is 1. The number of ketones is 1. The summed E-state index contributed by atoms with van der Waals surface area (Å²) >= 11 is 0. The number of aromatic hydroxyl groups is 2. The van der Waals surface area contributed by atoms with E-state index in [2.05, 4.69) is 6.58 Å².